The van der Waals surface area contributed by atoms with Gasteiger partial charge in [-0.3, -0.25) is 9.59 Å². The van der Waals surface area contributed by atoms with Gasteiger partial charge in [0.2, 0.25) is 11.8 Å². The molecule has 2 rings (SSSR count). The topological polar surface area (TPSA) is 67.9 Å². The van der Waals surface area contributed by atoms with Crippen LogP contribution in [-0.4, -0.2) is 55.9 Å². The number of nitrogens with zero attached hydrogens (tertiary/aromatic N) is 1. The molecule has 6 heteroatoms. The lowest BCUT2D eigenvalue weighted by molar-refractivity contribution is -0.129. The van der Waals surface area contributed by atoms with Crippen molar-refractivity contribution in [3.05, 3.63) is 0 Å². The van der Waals surface area contributed by atoms with Crippen LogP contribution in [-0.2, 0) is 19.1 Å². The van der Waals surface area contributed by atoms with Crippen LogP contribution >= 0.6 is 0 Å². The number of rotatable bonds is 8. The maximum atomic E-state index is 12.1. The summed E-state index contributed by atoms with van der Waals surface area (Å²) in [5.74, 6) is -0.127. The van der Waals surface area contributed by atoms with Crippen molar-refractivity contribution in [2.75, 3.05) is 32.8 Å². The first-order valence-electron chi connectivity index (χ1n) is 7.99. The van der Waals surface area contributed by atoms with Crippen LogP contribution in [0, 0.1) is 5.92 Å². The summed E-state index contributed by atoms with van der Waals surface area (Å²) < 4.78 is 10.6. The number of ether oxygens (including phenoxy) is 2. The fraction of sp³-hybridized carbons (Fsp3) is 0.867. The number of carbonyl (C=O) groups is 2. The van der Waals surface area contributed by atoms with E-state index in [0.29, 0.717) is 39.1 Å². The molecule has 1 unspecified atom stereocenters. The molecule has 2 aliphatic rings. The van der Waals surface area contributed by atoms with Gasteiger partial charge in [-0.15, -0.1) is 0 Å². The zero-order chi connectivity index (χ0) is 15.1. The molecule has 2 fully saturated rings. The van der Waals surface area contributed by atoms with Gasteiger partial charge < -0.3 is 19.7 Å². The lowest BCUT2D eigenvalue weighted by Gasteiger charge is -2.16. The van der Waals surface area contributed by atoms with Gasteiger partial charge in [-0.2, -0.15) is 0 Å². The highest BCUT2D eigenvalue weighted by atomic mass is 16.7. The molecule has 0 aromatic carbocycles. The number of unbranched alkanes of at least 4 members (excludes halogenated alkanes) is 2. The molecule has 6 nitrogen and oxygen atoms in total. The van der Waals surface area contributed by atoms with Gasteiger partial charge in [0.1, 0.15) is 0 Å². The summed E-state index contributed by atoms with van der Waals surface area (Å²) in [5.41, 5.74) is 0. The van der Waals surface area contributed by atoms with Crippen molar-refractivity contribution in [1.82, 2.24) is 10.2 Å². The van der Waals surface area contributed by atoms with Crippen LogP contribution in [0.2, 0.25) is 0 Å². The minimum Gasteiger partial charge on any atom is -0.356 e. The third-order valence-electron chi connectivity index (χ3n) is 3.99. The molecule has 1 N–H and O–H groups in total. The van der Waals surface area contributed by atoms with Crippen molar-refractivity contribution in [3.8, 4) is 0 Å². The average molecular weight is 298 g/mol. The standard InChI is InChI=1S/C15H26N2O4/c1-2-3-4-7-17-11-12(10-13(17)18)15(19)16-6-5-14-20-8-9-21-14/h12,14H,2-11H2,1H3,(H,16,19). The van der Waals surface area contributed by atoms with Crippen molar-refractivity contribution < 1.29 is 19.1 Å². The van der Waals surface area contributed by atoms with Crippen molar-refractivity contribution in [2.24, 2.45) is 5.92 Å². The van der Waals surface area contributed by atoms with Crippen molar-refractivity contribution in [2.45, 2.75) is 45.3 Å². The van der Waals surface area contributed by atoms with Crippen molar-refractivity contribution in [1.29, 1.82) is 0 Å². The van der Waals surface area contributed by atoms with Crippen LogP contribution in [0.1, 0.15) is 39.0 Å². The summed E-state index contributed by atoms with van der Waals surface area (Å²) in [6, 6.07) is 0. The lowest BCUT2D eigenvalue weighted by atomic mass is 10.1. The van der Waals surface area contributed by atoms with Gasteiger partial charge in [-0.1, -0.05) is 19.8 Å². The largest absolute Gasteiger partial charge is 0.356 e. The Bertz CT molecular complexity index is 356. The normalized spacial score (nSPS) is 23.0. The highest BCUT2D eigenvalue weighted by Crippen LogP contribution is 2.18. The second-order valence-electron chi connectivity index (χ2n) is 5.70. The second-order valence-corrected chi connectivity index (χ2v) is 5.70. The second kappa shape index (κ2) is 8.34. The van der Waals surface area contributed by atoms with E-state index < -0.39 is 0 Å². The molecule has 21 heavy (non-hydrogen) atoms. The van der Waals surface area contributed by atoms with E-state index in [-0.39, 0.29) is 24.0 Å². The number of hydrogen-bond donors (Lipinski definition) is 1. The lowest BCUT2D eigenvalue weighted by Crippen LogP contribution is -2.34. The monoisotopic (exact) mass is 298 g/mol. The van der Waals surface area contributed by atoms with Crippen LogP contribution < -0.4 is 5.32 Å². The summed E-state index contributed by atoms with van der Waals surface area (Å²) in [4.78, 5) is 25.8. The van der Waals surface area contributed by atoms with Gasteiger partial charge in [-0.05, 0) is 6.42 Å². The fourth-order valence-corrected chi connectivity index (χ4v) is 2.75. The van der Waals surface area contributed by atoms with Crippen molar-refractivity contribution >= 4 is 11.8 Å². The summed E-state index contributed by atoms with van der Waals surface area (Å²) in [6.45, 7) is 5.26. The number of likely N-dealkylation sites (tertiary alicyclic amines) is 1. The molecule has 2 saturated heterocycles. The Kier molecular flexibility index (Phi) is 6.45. The van der Waals surface area contributed by atoms with E-state index in [1.165, 1.54) is 0 Å². The Balaban J connectivity index is 1.64. The molecular formula is C15H26N2O4. The van der Waals surface area contributed by atoms with E-state index in [9.17, 15) is 9.59 Å². The van der Waals surface area contributed by atoms with E-state index in [1.54, 1.807) is 0 Å². The van der Waals surface area contributed by atoms with E-state index in [1.807, 2.05) is 4.90 Å². The Labute approximate surface area is 126 Å². The van der Waals surface area contributed by atoms with E-state index in [2.05, 4.69) is 12.2 Å². The Morgan fingerprint density at radius 2 is 2.10 bits per heavy atom. The number of amides is 2. The molecular weight excluding hydrogens is 272 g/mol. The molecule has 120 valence electrons. The highest BCUT2D eigenvalue weighted by Gasteiger charge is 2.33. The summed E-state index contributed by atoms with van der Waals surface area (Å²) >= 11 is 0. The number of hydrogen-bond acceptors (Lipinski definition) is 4. The molecule has 0 bridgehead atoms. The van der Waals surface area contributed by atoms with Crippen LogP contribution in [0.4, 0.5) is 0 Å². The third-order valence-corrected chi connectivity index (χ3v) is 3.99. The highest BCUT2D eigenvalue weighted by molar-refractivity contribution is 5.89. The summed E-state index contributed by atoms with van der Waals surface area (Å²) in [5, 5.41) is 2.88. The van der Waals surface area contributed by atoms with Crippen LogP contribution in [0.25, 0.3) is 0 Å². The molecule has 2 aliphatic heterocycles. The summed E-state index contributed by atoms with van der Waals surface area (Å²) in [7, 11) is 0. The summed E-state index contributed by atoms with van der Waals surface area (Å²) in [6.07, 6.45) is 4.09. The zero-order valence-electron chi connectivity index (χ0n) is 12.8. The maximum absolute atomic E-state index is 12.1. The van der Waals surface area contributed by atoms with E-state index in [0.717, 1.165) is 25.8 Å². The first-order valence-corrected chi connectivity index (χ1v) is 7.99. The fourth-order valence-electron chi connectivity index (χ4n) is 2.75. The zero-order valence-corrected chi connectivity index (χ0v) is 12.8. The van der Waals surface area contributed by atoms with Gasteiger partial charge in [0.05, 0.1) is 19.1 Å². The minimum absolute atomic E-state index is 0.0284. The van der Waals surface area contributed by atoms with Gasteiger partial charge in [0.15, 0.2) is 6.29 Å². The van der Waals surface area contributed by atoms with E-state index >= 15 is 0 Å². The molecule has 0 aromatic rings. The number of nitrogens with one attached hydrogen (secondary N) is 1. The molecule has 2 amide bonds. The molecule has 0 spiro atoms. The molecule has 0 saturated carbocycles. The minimum atomic E-state index is -0.204. The molecule has 1 atom stereocenters. The quantitative estimate of drug-likeness (QED) is 0.676. The van der Waals surface area contributed by atoms with Crippen LogP contribution in [0.3, 0.4) is 0 Å². The molecule has 0 aromatic heterocycles. The van der Waals surface area contributed by atoms with Gasteiger partial charge in [0, 0.05) is 32.5 Å². The van der Waals surface area contributed by atoms with Crippen LogP contribution in [0.5, 0.6) is 0 Å². The molecule has 2 heterocycles. The van der Waals surface area contributed by atoms with E-state index in [4.69, 9.17) is 9.47 Å². The Morgan fingerprint density at radius 3 is 2.81 bits per heavy atom. The first-order chi connectivity index (χ1) is 10.2. The van der Waals surface area contributed by atoms with Gasteiger partial charge in [-0.25, -0.2) is 0 Å². The molecule has 0 aliphatic carbocycles. The SMILES string of the molecule is CCCCCN1CC(C(=O)NCCC2OCCO2)CC1=O. The predicted molar refractivity (Wildman–Crippen MR) is 77.5 cm³/mol. The van der Waals surface area contributed by atoms with Crippen molar-refractivity contribution in [3.63, 3.8) is 0 Å². The number of carbonyl (C=O) groups excluding carboxylic acids is 2. The van der Waals surface area contributed by atoms with Crippen LogP contribution in [0.15, 0.2) is 0 Å². The first kappa shape index (κ1) is 16.2. The van der Waals surface area contributed by atoms with Gasteiger partial charge in [0.25, 0.3) is 0 Å². The third kappa shape index (κ3) is 4.97. The molecule has 0 radical (unpaired) electrons. The van der Waals surface area contributed by atoms with Gasteiger partial charge >= 0.3 is 0 Å². The maximum Gasteiger partial charge on any atom is 0.225 e. The predicted octanol–water partition coefficient (Wildman–Crippen LogP) is 0.904. The average Bonchev–Trinajstić information content (AvgIpc) is 3.09. The Hall–Kier alpha value is -1.14. The Morgan fingerprint density at radius 1 is 1.33 bits per heavy atom. The smallest absolute Gasteiger partial charge is 0.225 e.